The summed E-state index contributed by atoms with van der Waals surface area (Å²) in [6, 6.07) is 9.53. The maximum absolute atomic E-state index is 14.7. The van der Waals surface area contributed by atoms with Gasteiger partial charge in [0, 0.05) is 62.4 Å². The summed E-state index contributed by atoms with van der Waals surface area (Å²) < 4.78 is 6.85. The number of aliphatic hydroxyl groups excluding tert-OH is 1. The monoisotopic (exact) mass is 822 g/mol. The van der Waals surface area contributed by atoms with Crippen LogP contribution in [0.2, 0.25) is 0 Å². The lowest BCUT2D eigenvalue weighted by molar-refractivity contribution is -0.255. The van der Waals surface area contributed by atoms with Crippen molar-refractivity contribution in [3.63, 3.8) is 0 Å². The molecule has 6 fully saturated rings. The first kappa shape index (κ1) is 44.1. The number of amides is 1. The van der Waals surface area contributed by atoms with Crippen molar-refractivity contribution in [2.24, 2.45) is 61.9 Å². The van der Waals surface area contributed by atoms with E-state index in [-0.39, 0.29) is 55.8 Å². The van der Waals surface area contributed by atoms with Crippen LogP contribution in [0, 0.1) is 56.2 Å². The average Bonchev–Trinajstić information content (AvgIpc) is 3.57. The molecule has 1 aromatic rings. The SMILES string of the molecule is C=C(O)CC(C)(C)CC(=C)O[C@H]1CC[C@]2(C)[C@H]3CCC4(N)[C@H]5[C@H](C(=C)C)CC[C@]5(CC(=O)N5CCN(C6CCCc7ccccc76)CC5)CC[C@@]4(C)[C@]3(C)CC[C@H]2C1(C)C. The van der Waals surface area contributed by atoms with Crippen molar-refractivity contribution in [1.82, 2.24) is 9.80 Å². The van der Waals surface area contributed by atoms with E-state index in [0.29, 0.717) is 49.0 Å². The molecule has 1 aromatic carbocycles. The lowest BCUT2D eigenvalue weighted by atomic mass is 9.30. The van der Waals surface area contributed by atoms with Crippen molar-refractivity contribution in [2.75, 3.05) is 26.2 Å². The number of hydrogen-bond acceptors (Lipinski definition) is 5. The predicted octanol–water partition coefficient (Wildman–Crippen LogP) is 12.1. The second-order valence-electron chi connectivity index (χ2n) is 24.1. The fourth-order valence-corrected chi connectivity index (χ4v) is 17.1. The van der Waals surface area contributed by atoms with E-state index in [1.165, 1.54) is 61.6 Å². The van der Waals surface area contributed by atoms with Gasteiger partial charge in [0.1, 0.15) is 6.10 Å². The molecule has 11 atom stereocenters. The molecule has 0 aromatic heterocycles. The normalized spacial score (nSPS) is 41.2. The van der Waals surface area contributed by atoms with E-state index in [9.17, 15) is 9.90 Å². The van der Waals surface area contributed by atoms with Gasteiger partial charge >= 0.3 is 0 Å². The van der Waals surface area contributed by atoms with Crippen LogP contribution < -0.4 is 5.73 Å². The fourth-order valence-electron chi connectivity index (χ4n) is 17.1. The molecule has 8 rings (SSSR count). The zero-order valence-corrected chi connectivity index (χ0v) is 39.3. The van der Waals surface area contributed by atoms with Crippen LogP contribution >= 0.6 is 0 Å². The summed E-state index contributed by atoms with van der Waals surface area (Å²) in [6.45, 7) is 35.9. The molecule has 0 spiro atoms. The number of aliphatic hydroxyl groups is 1. The van der Waals surface area contributed by atoms with E-state index < -0.39 is 0 Å². The number of nitrogens with two attached hydrogens (primary N) is 1. The molecule has 1 heterocycles. The van der Waals surface area contributed by atoms with Crippen LogP contribution in [0.3, 0.4) is 0 Å². The molecule has 2 unspecified atom stereocenters. The van der Waals surface area contributed by atoms with E-state index in [2.05, 4.69) is 109 Å². The molecule has 332 valence electrons. The molecule has 6 heteroatoms. The summed E-state index contributed by atoms with van der Waals surface area (Å²) in [5.74, 6) is 3.23. The Morgan fingerprint density at radius 2 is 1.57 bits per heavy atom. The predicted molar refractivity (Wildman–Crippen MR) is 246 cm³/mol. The number of fused-ring (bicyclic) bond motifs is 8. The Labute approximate surface area is 365 Å². The molecule has 1 saturated heterocycles. The highest BCUT2D eigenvalue weighted by Gasteiger charge is 2.75. The van der Waals surface area contributed by atoms with Gasteiger partial charge in [-0.05, 0) is 152 Å². The van der Waals surface area contributed by atoms with Gasteiger partial charge in [0.25, 0.3) is 0 Å². The van der Waals surface area contributed by atoms with Crippen LogP contribution in [-0.4, -0.2) is 58.6 Å². The molecule has 5 saturated carbocycles. The van der Waals surface area contributed by atoms with Gasteiger partial charge in [-0.15, -0.1) is 0 Å². The minimum atomic E-state index is -0.340. The summed E-state index contributed by atoms with van der Waals surface area (Å²) in [5.41, 5.74) is 12.3. The number of benzene rings is 1. The van der Waals surface area contributed by atoms with E-state index in [1.807, 2.05) is 0 Å². The molecule has 1 aliphatic heterocycles. The number of carbonyl (C=O) groups excluding carboxylic acids is 1. The molecule has 0 bridgehead atoms. The zero-order valence-electron chi connectivity index (χ0n) is 39.3. The Bertz CT molecular complexity index is 1860. The number of nitrogens with zero attached hydrogens (tertiary/aromatic N) is 2. The summed E-state index contributed by atoms with van der Waals surface area (Å²) in [5, 5.41) is 9.93. The number of allylic oxidation sites excluding steroid dienone is 3. The second-order valence-corrected chi connectivity index (χ2v) is 24.1. The van der Waals surface area contributed by atoms with Crippen LogP contribution in [0.4, 0.5) is 0 Å². The first-order valence-corrected chi connectivity index (χ1v) is 24.4. The largest absolute Gasteiger partial charge is 0.513 e. The van der Waals surface area contributed by atoms with Crippen LogP contribution in [-0.2, 0) is 16.0 Å². The van der Waals surface area contributed by atoms with E-state index in [0.717, 1.165) is 70.5 Å². The van der Waals surface area contributed by atoms with Crippen molar-refractivity contribution in [2.45, 2.75) is 176 Å². The number of aryl methyl sites for hydroxylation is 1. The van der Waals surface area contributed by atoms with Gasteiger partial charge in [0.2, 0.25) is 5.91 Å². The van der Waals surface area contributed by atoms with E-state index >= 15 is 0 Å². The van der Waals surface area contributed by atoms with Crippen molar-refractivity contribution in [3.05, 3.63) is 72.2 Å². The molecule has 7 aliphatic rings. The quantitative estimate of drug-likeness (QED) is 0.182. The molecule has 6 nitrogen and oxygen atoms in total. The summed E-state index contributed by atoms with van der Waals surface area (Å²) in [6.07, 6.45) is 16.9. The average molecular weight is 822 g/mol. The minimum absolute atomic E-state index is 0.00506. The van der Waals surface area contributed by atoms with Crippen molar-refractivity contribution in [3.8, 4) is 0 Å². The maximum atomic E-state index is 14.7. The van der Waals surface area contributed by atoms with Crippen LogP contribution in [0.15, 0.2) is 61.1 Å². The number of carbonyl (C=O) groups is 1. The first-order chi connectivity index (χ1) is 28.1. The number of ether oxygens (including phenoxy) is 1. The summed E-state index contributed by atoms with van der Waals surface area (Å²) in [4.78, 5) is 19.6. The number of rotatable bonds is 10. The first-order valence-electron chi connectivity index (χ1n) is 24.4. The van der Waals surface area contributed by atoms with Crippen molar-refractivity contribution in [1.29, 1.82) is 0 Å². The summed E-state index contributed by atoms with van der Waals surface area (Å²) >= 11 is 0. The lowest BCUT2D eigenvalue weighted by Crippen LogP contribution is -2.76. The van der Waals surface area contributed by atoms with Gasteiger partial charge < -0.3 is 20.5 Å². The highest BCUT2D eigenvalue weighted by atomic mass is 16.5. The number of piperazine rings is 1. The van der Waals surface area contributed by atoms with Gasteiger partial charge in [-0.3, -0.25) is 9.69 Å². The van der Waals surface area contributed by atoms with Gasteiger partial charge in [-0.1, -0.05) is 98.0 Å². The van der Waals surface area contributed by atoms with Crippen molar-refractivity contribution < 1.29 is 14.6 Å². The molecular formula is C54H83N3O3. The summed E-state index contributed by atoms with van der Waals surface area (Å²) in [7, 11) is 0. The molecular weight excluding hydrogens is 739 g/mol. The molecule has 6 aliphatic carbocycles. The lowest BCUT2D eigenvalue weighted by Gasteiger charge is -2.75. The molecule has 0 radical (unpaired) electrons. The van der Waals surface area contributed by atoms with Crippen LogP contribution in [0.1, 0.15) is 169 Å². The Hall–Kier alpha value is -2.57. The number of hydrogen-bond donors (Lipinski definition) is 2. The third-order valence-corrected chi connectivity index (χ3v) is 20.1. The van der Waals surface area contributed by atoms with E-state index in [4.69, 9.17) is 10.5 Å². The van der Waals surface area contributed by atoms with E-state index in [1.54, 1.807) is 0 Å². The fraction of sp³-hybridized carbons (Fsp3) is 0.759. The zero-order chi connectivity index (χ0) is 43.3. The van der Waals surface area contributed by atoms with Crippen LogP contribution in [0.25, 0.3) is 0 Å². The Morgan fingerprint density at radius 1 is 0.867 bits per heavy atom. The second kappa shape index (κ2) is 15.3. The van der Waals surface area contributed by atoms with Gasteiger partial charge in [-0.25, -0.2) is 0 Å². The maximum Gasteiger partial charge on any atom is 0.223 e. The van der Waals surface area contributed by atoms with Gasteiger partial charge in [0.15, 0.2) is 0 Å². The minimum Gasteiger partial charge on any atom is -0.513 e. The molecule has 1 amide bonds. The Morgan fingerprint density at radius 3 is 2.27 bits per heavy atom. The topological polar surface area (TPSA) is 79.0 Å². The standard InChI is InChI=1S/C54H83N3O3/c1-36(2)40-19-25-53(35-46(59)57-31-29-56(30-32-57)42-18-14-16-39-15-12-13-17-41(39)42)28-27-52(11)51(10)24-20-43-49(7,8)45(60-38(4)34-48(5,6)33-37(3)58)22-23-50(43,9)44(51)21-26-54(52,55)47(40)53/h12-13,15,17,40,42-45,47,58H,1,3-4,14,16,18-35,55H2,2,5-11H3/t40-,42?,43-,44+,45-,47-,50-,51+,52-,53+,54?/m0/s1. The van der Waals surface area contributed by atoms with Gasteiger partial charge in [-0.2, -0.15) is 0 Å². The third-order valence-electron chi connectivity index (χ3n) is 20.1. The molecule has 3 N–H and O–H groups in total. The Balaban J connectivity index is 0.994. The highest BCUT2D eigenvalue weighted by molar-refractivity contribution is 5.77. The Kier molecular flexibility index (Phi) is 11.2. The smallest absolute Gasteiger partial charge is 0.223 e. The van der Waals surface area contributed by atoms with Crippen LogP contribution in [0.5, 0.6) is 0 Å². The van der Waals surface area contributed by atoms with Gasteiger partial charge in [0.05, 0.1) is 11.5 Å². The molecule has 60 heavy (non-hydrogen) atoms. The highest BCUT2D eigenvalue weighted by Crippen LogP contribution is 2.78. The third kappa shape index (κ3) is 6.89. The van der Waals surface area contributed by atoms with Crippen molar-refractivity contribution >= 4 is 5.91 Å².